The molecule has 1 rings (SSSR count). The van der Waals surface area contributed by atoms with Crippen LogP contribution in [0.4, 0.5) is 0 Å². The summed E-state index contributed by atoms with van der Waals surface area (Å²) < 4.78 is 0. The van der Waals surface area contributed by atoms with Gasteiger partial charge in [-0.15, -0.1) is 0 Å². The van der Waals surface area contributed by atoms with E-state index in [4.69, 9.17) is 5.26 Å². The number of rotatable bonds is 4. The third-order valence-corrected chi connectivity index (χ3v) is 2.04. The SMILES string of the molecule is CC=CC(=O)N(CCC#N)C1CC1. The zero-order valence-corrected chi connectivity index (χ0v) is 7.86. The molecule has 0 saturated heterocycles. The molecule has 0 aromatic heterocycles. The summed E-state index contributed by atoms with van der Waals surface area (Å²) in [5.41, 5.74) is 0. The highest BCUT2D eigenvalue weighted by Crippen LogP contribution is 2.27. The monoisotopic (exact) mass is 178 g/mol. The molecule has 0 spiro atoms. The van der Waals surface area contributed by atoms with Crippen LogP contribution in [0.5, 0.6) is 0 Å². The maximum Gasteiger partial charge on any atom is 0.246 e. The lowest BCUT2D eigenvalue weighted by Gasteiger charge is -2.18. The molecule has 0 bridgehead atoms. The number of amides is 1. The molecule has 1 fully saturated rings. The van der Waals surface area contributed by atoms with Gasteiger partial charge in [0.05, 0.1) is 12.5 Å². The lowest BCUT2D eigenvalue weighted by Crippen LogP contribution is -2.32. The zero-order chi connectivity index (χ0) is 9.68. The van der Waals surface area contributed by atoms with Crippen molar-refractivity contribution < 1.29 is 4.79 Å². The highest BCUT2D eigenvalue weighted by molar-refractivity contribution is 5.88. The standard InChI is InChI=1S/C10H14N2O/c1-2-4-10(13)12(8-3-7-11)9-5-6-9/h2,4,9H,3,5-6,8H2,1H3. The molecule has 0 aromatic carbocycles. The van der Waals surface area contributed by atoms with Crippen LogP contribution in [0, 0.1) is 11.3 Å². The van der Waals surface area contributed by atoms with E-state index in [1.807, 2.05) is 6.92 Å². The van der Waals surface area contributed by atoms with Crippen molar-refractivity contribution in [2.24, 2.45) is 0 Å². The van der Waals surface area contributed by atoms with Gasteiger partial charge in [-0.3, -0.25) is 4.79 Å². The van der Waals surface area contributed by atoms with Gasteiger partial charge in [-0.2, -0.15) is 5.26 Å². The van der Waals surface area contributed by atoms with Crippen LogP contribution in [-0.4, -0.2) is 23.4 Å². The fraction of sp³-hybridized carbons (Fsp3) is 0.600. The summed E-state index contributed by atoms with van der Waals surface area (Å²) in [4.78, 5) is 13.3. The third-order valence-electron chi connectivity index (χ3n) is 2.04. The molecule has 0 aliphatic heterocycles. The van der Waals surface area contributed by atoms with Crippen molar-refractivity contribution in [3.05, 3.63) is 12.2 Å². The Labute approximate surface area is 78.6 Å². The van der Waals surface area contributed by atoms with Gasteiger partial charge in [-0.05, 0) is 25.8 Å². The second-order valence-corrected chi connectivity index (χ2v) is 3.17. The van der Waals surface area contributed by atoms with Crippen molar-refractivity contribution >= 4 is 5.91 Å². The lowest BCUT2D eigenvalue weighted by atomic mass is 10.3. The summed E-state index contributed by atoms with van der Waals surface area (Å²) in [5, 5.41) is 8.42. The Morgan fingerprint density at radius 1 is 1.69 bits per heavy atom. The second kappa shape index (κ2) is 4.66. The molecule has 0 radical (unpaired) electrons. The van der Waals surface area contributed by atoms with Crippen molar-refractivity contribution in [1.29, 1.82) is 5.26 Å². The molecule has 3 heteroatoms. The summed E-state index contributed by atoms with van der Waals surface area (Å²) in [6.45, 7) is 2.40. The van der Waals surface area contributed by atoms with E-state index in [9.17, 15) is 4.79 Å². The predicted molar refractivity (Wildman–Crippen MR) is 49.8 cm³/mol. The summed E-state index contributed by atoms with van der Waals surface area (Å²) in [6.07, 6.45) is 5.92. The summed E-state index contributed by atoms with van der Waals surface area (Å²) >= 11 is 0. The van der Waals surface area contributed by atoms with Crippen molar-refractivity contribution in [3.63, 3.8) is 0 Å². The first-order chi connectivity index (χ1) is 6.29. The molecule has 0 unspecified atom stereocenters. The molecule has 13 heavy (non-hydrogen) atoms. The highest BCUT2D eigenvalue weighted by Gasteiger charge is 2.30. The van der Waals surface area contributed by atoms with Crippen LogP contribution >= 0.6 is 0 Å². The molecule has 1 saturated carbocycles. The molecule has 0 aromatic rings. The summed E-state index contributed by atoms with van der Waals surface area (Å²) in [7, 11) is 0. The Morgan fingerprint density at radius 2 is 2.38 bits per heavy atom. The van der Waals surface area contributed by atoms with Gasteiger partial charge in [0, 0.05) is 12.6 Å². The number of carbonyl (C=O) groups is 1. The van der Waals surface area contributed by atoms with E-state index in [0.717, 1.165) is 12.8 Å². The number of hydrogen-bond acceptors (Lipinski definition) is 2. The Balaban J connectivity index is 2.46. The fourth-order valence-corrected chi connectivity index (χ4v) is 1.27. The molecular weight excluding hydrogens is 164 g/mol. The molecule has 1 aliphatic rings. The number of nitrogens with zero attached hydrogens (tertiary/aromatic N) is 2. The highest BCUT2D eigenvalue weighted by atomic mass is 16.2. The molecule has 0 heterocycles. The molecule has 0 atom stereocenters. The van der Waals surface area contributed by atoms with Gasteiger partial charge in [-0.25, -0.2) is 0 Å². The lowest BCUT2D eigenvalue weighted by molar-refractivity contribution is -0.126. The van der Waals surface area contributed by atoms with Gasteiger partial charge in [0.1, 0.15) is 0 Å². The van der Waals surface area contributed by atoms with Gasteiger partial charge in [0.15, 0.2) is 0 Å². The van der Waals surface area contributed by atoms with E-state index < -0.39 is 0 Å². The average Bonchev–Trinajstić information content (AvgIpc) is 2.89. The van der Waals surface area contributed by atoms with Gasteiger partial charge < -0.3 is 4.90 Å². The van der Waals surface area contributed by atoms with Crippen molar-refractivity contribution in [2.75, 3.05) is 6.54 Å². The summed E-state index contributed by atoms with van der Waals surface area (Å²) in [5.74, 6) is 0.0419. The van der Waals surface area contributed by atoms with Crippen LogP contribution in [0.25, 0.3) is 0 Å². The van der Waals surface area contributed by atoms with E-state index in [0.29, 0.717) is 19.0 Å². The van der Waals surface area contributed by atoms with Crippen molar-refractivity contribution in [1.82, 2.24) is 4.90 Å². The average molecular weight is 178 g/mol. The van der Waals surface area contributed by atoms with Gasteiger partial charge in [0.25, 0.3) is 0 Å². The first-order valence-corrected chi connectivity index (χ1v) is 4.60. The number of hydrogen-bond donors (Lipinski definition) is 0. The Hall–Kier alpha value is -1.30. The molecule has 0 N–H and O–H groups in total. The predicted octanol–water partition coefficient (Wildman–Crippen LogP) is 1.47. The quantitative estimate of drug-likeness (QED) is 0.612. The van der Waals surface area contributed by atoms with E-state index in [1.165, 1.54) is 0 Å². The van der Waals surface area contributed by atoms with Crippen LogP contribution in [0.1, 0.15) is 26.2 Å². The topological polar surface area (TPSA) is 44.1 Å². The van der Waals surface area contributed by atoms with Crippen LogP contribution in [0.2, 0.25) is 0 Å². The second-order valence-electron chi connectivity index (χ2n) is 3.17. The maximum atomic E-state index is 11.5. The maximum absolute atomic E-state index is 11.5. The number of allylic oxidation sites excluding steroid dienone is 1. The number of carbonyl (C=O) groups excluding carboxylic acids is 1. The van der Waals surface area contributed by atoms with Crippen molar-refractivity contribution in [3.8, 4) is 6.07 Å². The molecule has 70 valence electrons. The van der Waals surface area contributed by atoms with E-state index in [1.54, 1.807) is 17.1 Å². The normalized spacial score (nSPS) is 15.7. The Kier molecular flexibility index (Phi) is 3.51. The van der Waals surface area contributed by atoms with Crippen LogP contribution in [-0.2, 0) is 4.79 Å². The van der Waals surface area contributed by atoms with Gasteiger partial charge >= 0.3 is 0 Å². The molecule has 3 nitrogen and oxygen atoms in total. The fourth-order valence-electron chi connectivity index (χ4n) is 1.27. The minimum absolute atomic E-state index is 0.0419. The van der Waals surface area contributed by atoms with Gasteiger partial charge in [-0.1, -0.05) is 6.08 Å². The summed E-state index contributed by atoms with van der Waals surface area (Å²) in [6, 6.07) is 2.46. The minimum atomic E-state index is 0.0419. The van der Waals surface area contributed by atoms with Crippen LogP contribution < -0.4 is 0 Å². The van der Waals surface area contributed by atoms with E-state index >= 15 is 0 Å². The third kappa shape index (κ3) is 2.90. The minimum Gasteiger partial charge on any atom is -0.335 e. The first kappa shape index (κ1) is 9.79. The van der Waals surface area contributed by atoms with E-state index in [-0.39, 0.29) is 5.91 Å². The van der Waals surface area contributed by atoms with Gasteiger partial charge in [0.2, 0.25) is 5.91 Å². The first-order valence-electron chi connectivity index (χ1n) is 4.60. The largest absolute Gasteiger partial charge is 0.335 e. The Morgan fingerprint density at radius 3 is 2.85 bits per heavy atom. The molecular formula is C10H14N2O. The van der Waals surface area contributed by atoms with Crippen molar-refractivity contribution in [2.45, 2.75) is 32.2 Å². The number of nitriles is 1. The van der Waals surface area contributed by atoms with E-state index in [2.05, 4.69) is 6.07 Å². The Bertz CT molecular complexity index is 248. The van der Waals surface area contributed by atoms with Crippen LogP contribution in [0.3, 0.4) is 0 Å². The molecule has 1 aliphatic carbocycles. The molecule has 1 amide bonds. The van der Waals surface area contributed by atoms with Crippen LogP contribution in [0.15, 0.2) is 12.2 Å². The smallest absolute Gasteiger partial charge is 0.246 e. The zero-order valence-electron chi connectivity index (χ0n) is 7.86.